The van der Waals surface area contributed by atoms with Crippen LogP contribution in [0.3, 0.4) is 0 Å². The van der Waals surface area contributed by atoms with Crippen molar-refractivity contribution in [2.75, 3.05) is 17.7 Å². The SMILES string of the molecule is C=CC1=C(C(=O)OC(C)(C)C)N2C(=O)[C@@H](NC(=O)/C(=N\OCC(=O)OC(C)(C)C)c3csc(NC(=O)OCc4ccccc4)n3)[C@@H]2SC1. The van der Waals surface area contributed by atoms with Crippen molar-refractivity contribution in [3.8, 4) is 0 Å². The molecule has 48 heavy (non-hydrogen) atoms. The number of hydrogen-bond acceptors (Lipinski definition) is 13. The number of esters is 2. The molecule has 4 rings (SSSR count). The van der Waals surface area contributed by atoms with Gasteiger partial charge in [-0.3, -0.25) is 19.8 Å². The van der Waals surface area contributed by atoms with Crippen molar-refractivity contribution in [3.05, 3.63) is 70.9 Å². The summed E-state index contributed by atoms with van der Waals surface area (Å²) in [4.78, 5) is 75.3. The number of hydrogen-bond donors (Lipinski definition) is 2. The van der Waals surface area contributed by atoms with Crippen LogP contribution in [0.4, 0.5) is 9.93 Å². The number of thioether (sulfide) groups is 1. The smallest absolute Gasteiger partial charge is 0.413 e. The molecule has 0 spiro atoms. The van der Waals surface area contributed by atoms with E-state index in [1.54, 1.807) is 53.7 Å². The minimum Gasteiger partial charge on any atom is -0.457 e. The van der Waals surface area contributed by atoms with Gasteiger partial charge in [0.25, 0.3) is 11.8 Å². The first-order valence-electron chi connectivity index (χ1n) is 14.8. The lowest BCUT2D eigenvalue weighted by Crippen LogP contribution is -2.71. The zero-order valence-corrected chi connectivity index (χ0v) is 29.0. The van der Waals surface area contributed by atoms with Crippen molar-refractivity contribution in [3.63, 3.8) is 0 Å². The number of carbonyl (C=O) groups is 5. The standard InChI is InChI=1S/C32H37N5O9S2/c1-8-19-16-47-27-23(26(40)37(27)24(19)28(41)46-32(5,6)7)34-25(39)22(36-44-15-21(38)45-31(2,3)4)20-17-48-29(33-20)35-30(42)43-14-18-12-10-9-11-13-18/h8-13,17,23,27H,1,14-16H2,2-7H3,(H,34,39)(H,33,35,42)/b36-22-/t23-,27+/m1/s1. The highest BCUT2D eigenvalue weighted by Gasteiger charge is 2.54. The fraction of sp³-hybridized carbons (Fsp3) is 0.406. The monoisotopic (exact) mass is 699 g/mol. The Hall–Kier alpha value is -4.70. The van der Waals surface area contributed by atoms with Gasteiger partial charge in [0.1, 0.15) is 40.6 Å². The quantitative estimate of drug-likeness (QED) is 0.113. The molecule has 16 heteroatoms. The van der Waals surface area contributed by atoms with Gasteiger partial charge in [-0.25, -0.2) is 19.4 Å². The molecule has 1 saturated heterocycles. The molecule has 0 unspecified atom stereocenters. The van der Waals surface area contributed by atoms with Crippen molar-refractivity contribution in [1.29, 1.82) is 0 Å². The summed E-state index contributed by atoms with van der Waals surface area (Å²) in [5.41, 5.74) is -0.570. The molecular weight excluding hydrogens is 663 g/mol. The van der Waals surface area contributed by atoms with Crippen molar-refractivity contribution >= 4 is 63.8 Å². The average molecular weight is 700 g/mol. The predicted octanol–water partition coefficient (Wildman–Crippen LogP) is 4.14. The summed E-state index contributed by atoms with van der Waals surface area (Å²) < 4.78 is 16.0. The van der Waals surface area contributed by atoms with Gasteiger partial charge in [0, 0.05) is 11.1 Å². The molecule has 2 aliphatic heterocycles. The summed E-state index contributed by atoms with van der Waals surface area (Å²) >= 11 is 2.32. The van der Waals surface area contributed by atoms with Crippen LogP contribution in [0.1, 0.15) is 52.8 Å². The van der Waals surface area contributed by atoms with Crippen LogP contribution in [0.2, 0.25) is 0 Å². The Labute approximate surface area is 285 Å². The lowest BCUT2D eigenvalue weighted by Gasteiger charge is -2.49. The lowest BCUT2D eigenvalue weighted by molar-refractivity contribution is -0.160. The average Bonchev–Trinajstić information content (AvgIpc) is 3.46. The van der Waals surface area contributed by atoms with E-state index in [0.29, 0.717) is 11.3 Å². The molecule has 1 aromatic carbocycles. The summed E-state index contributed by atoms with van der Waals surface area (Å²) in [5.74, 6) is -2.45. The maximum absolute atomic E-state index is 13.6. The highest BCUT2D eigenvalue weighted by Crippen LogP contribution is 2.41. The van der Waals surface area contributed by atoms with Crippen molar-refractivity contribution in [2.24, 2.45) is 5.16 Å². The zero-order chi connectivity index (χ0) is 35.2. The number of nitrogens with zero attached hydrogens (tertiary/aromatic N) is 3. The molecule has 2 atom stereocenters. The Balaban J connectivity index is 1.49. The van der Waals surface area contributed by atoms with Crippen LogP contribution in [0.25, 0.3) is 0 Å². The molecule has 1 aromatic heterocycles. The van der Waals surface area contributed by atoms with Crippen LogP contribution < -0.4 is 10.6 Å². The van der Waals surface area contributed by atoms with Gasteiger partial charge < -0.3 is 24.4 Å². The Kier molecular flexibility index (Phi) is 11.3. The summed E-state index contributed by atoms with van der Waals surface area (Å²) in [6.07, 6.45) is 0.728. The number of thiazole rings is 1. The Morgan fingerprint density at radius 1 is 1.08 bits per heavy atom. The molecule has 0 saturated carbocycles. The number of fused-ring (bicyclic) bond motifs is 1. The molecule has 0 radical (unpaired) electrons. The third-order valence-corrected chi connectivity index (χ3v) is 8.32. The van der Waals surface area contributed by atoms with Crippen LogP contribution in [-0.4, -0.2) is 80.4 Å². The molecule has 2 N–H and O–H groups in total. The van der Waals surface area contributed by atoms with E-state index in [9.17, 15) is 24.0 Å². The van der Waals surface area contributed by atoms with E-state index in [1.807, 2.05) is 18.2 Å². The normalized spacial score (nSPS) is 17.8. The number of amides is 3. The van der Waals surface area contributed by atoms with Gasteiger partial charge in [-0.05, 0) is 52.7 Å². The Morgan fingerprint density at radius 3 is 2.42 bits per heavy atom. The fourth-order valence-electron chi connectivity index (χ4n) is 4.34. The first-order chi connectivity index (χ1) is 22.6. The van der Waals surface area contributed by atoms with Crippen molar-refractivity contribution in [1.82, 2.24) is 15.2 Å². The molecular formula is C32H37N5O9S2. The summed E-state index contributed by atoms with van der Waals surface area (Å²) in [6.45, 7) is 13.4. The van der Waals surface area contributed by atoms with Gasteiger partial charge in [0.2, 0.25) is 6.61 Å². The number of oxime groups is 1. The van der Waals surface area contributed by atoms with Crippen LogP contribution in [0, 0.1) is 0 Å². The van der Waals surface area contributed by atoms with Gasteiger partial charge in [0.05, 0.1) is 0 Å². The molecule has 256 valence electrons. The number of carbonyl (C=O) groups excluding carboxylic acids is 5. The summed E-state index contributed by atoms with van der Waals surface area (Å²) in [6, 6.07) is 8.05. The zero-order valence-electron chi connectivity index (χ0n) is 27.4. The molecule has 14 nitrogen and oxygen atoms in total. The second kappa shape index (κ2) is 15.0. The number of aromatic nitrogens is 1. The number of benzene rings is 1. The number of β-lactam (4-membered cyclic amide) rings is 1. The van der Waals surface area contributed by atoms with E-state index in [4.69, 9.17) is 19.0 Å². The second-order valence-corrected chi connectivity index (χ2v) is 14.4. The maximum atomic E-state index is 13.6. The molecule has 2 aromatic rings. The molecule has 0 aliphatic carbocycles. The van der Waals surface area contributed by atoms with Gasteiger partial charge in [-0.1, -0.05) is 48.1 Å². The molecule has 3 heterocycles. The van der Waals surface area contributed by atoms with E-state index < -0.39 is 59.1 Å². The minimum absolute atomic E-state index is 0.0109. The van der Waals surface area contributed by atoms with Crippen molar-refractivity contribution in [2.45, 2.75) is 70.8 Å². The first-order valence-corrected chi connectivity index (χ1v) is 16.7. The number of anilines is 1. The topological polar surface area (TPSA) is 175 Å². The Bertz CT molecular complexity index is 1640. The summed E-state index contributed by atoms with van der Waals surface area (Å²) in [5, 5.41) is 9.91. The molecule has 0 bridgehead atoms. The maximum Gasteiger partial charge on any atom is 0.413 e. The minimum atomic E-state index is -1.04. The molecule has 3 amide bonds. The first kappa shape index (κ1) is 36.1. The van der Waals surface area contributed by atoms with E-state index in [1.165, 1.54) is 28.1 Å². The number of rotatable bonds is 11. The number of allylic oxidation sites excluding steroid dienone is 1. The largest absolute Gasteiger partial charge is 0.457 e. The Morgan fingerprint density at radius 2 is 1.77 bits per heavy atom. The third kappa shape index (κ3) is 9.44. The number of nitrogens with one attached hydrogen (secondary N) is 2. The van der Waals surface area contributed by atoms with Gasteiger partial charge in [-0.15, -0.1) is 23.1 Å². The van der Waals surface area contributed by atoms with Crippen LogP contribution in [0.5, 0.6) is 0 Å². The lowest BCUT2D eigenvalue weighted by atomic mass is 10.0. The van der Waals surface area contributed by atoms with Gasteiger partial charge in [0.15, 0.2) is 10.8 Å². The van der Waals surface area contributed by atoms with E-state index in [2.05, 4.69) is 27.4 Å². The highest BCUT2D eigenvalue weighted by atomic mass is 32.2. The number of ether oxygens (including phenoxy) is 3. The fourth-order valence-corrected chi connectivity index (χ4v) is 6.36. The van der Waals surface area contributed by atoms with E-state index >= 15 is 0 Å². The van der Waals surface area contributed by atoms with Crippen LogP contribution in [-0.2, 0) is 44.8 Å². The highest BCUT2D eigenvalue weighted by molar-refractivity contribution is 8.00. The van der Waals surface area contributed by atoms with E-state index in [0.717, 1.165) is 16.9 Å². The van der Waals surface area contributed by atoms with Crippen molar-refractivity contribution < 1.29 is 43.0 Å². The van der Waals surface area contributed by atoms with Gasteiger partial charge in [-0.2, -0.15) is 0 Å². The predicted molar refractivity (Wildman–Crippen MR) is 179 cm³/mol. The molecule has 2 aliphatic rings. The summed E-state index contributed by atoms with van der Waals surface area (Å²) in [7, 11) is 0. The van der Waals surface area contributed by atoms with Crippen LogP contribution in [0.15, 0.2) is 64.8 Å². The second-order valence-electron chi connectivity index (χ2n) is 12.5. The van der Waals surface area contributed by atoms with Gasteiger partial charge >= 0.3 is 18.0 Å². The van der Waals surface area contributed by atoms with E-state index in [-0.39, 0.29) is 28.8 Å². The third-order valence-electron chi connectivity index (χ3n) is 6.26. The molecule has 1 fully saturated rings. The van der Waals surface area contributed by atoms with Crippen LogP contribution >= 0.6 is 23.1 Å².